The van der Waals surface area contributed by atoms with Crippen molar-refractivity contribution in [1.82, 2.24) is 5.32 Å². The van der Waals surface area contributed by atoms with Gasteiger partial charge < -0.3 is 14.5 Å². The third kappa shape index (κ3) is 4.51. The number of hydrogen-bond donors (Lipinski definition) is 1. The van der Waals surface area contributed by atoms with Crippen LogP contribution in [0.15, 0.2) is 46.9 Å². The average Bonchev–Trinajstić information content (AvgIpc) is 3.24. The number of benzene rings is 1. The van der Waals surface area contributed by atoms with Gasteiger partial charge in [-0.1, -0.05) is 18.2 Å². The summed E-state index contributed by atoms with van der Waals surface area (Å²) in [6.45, 7) is 2.32. The maximum Gasteiger partial charge on any atom is 0.244 e. The molecule has 126 valence electrons. The van der Waals surface area contributed by atoms with Crippen molar-refractivity contribution in [3.8, 4) is 5.75 Å². The van der Waals surface area contributed by atoms with Crippen molar-refractivity contribution in [2.45, 2.75) is 45.3 Å². The van der Waals surface area contributed by atoms with E-state index in [0.717, 1.165) is 29.9 Å². The highest BCUT2D eigenvalue weighted by Gasteiger charge is 2.17. The minimum atomic E-state index is -0.153. The summed E-state index contributed by atoms with van der Waals surface area (Å²) in [6, 6.07) is 11.6. The lowest BCUT2D eigenvalue weighted by Gasteiger charge is -2.16. The van der Waals surface area contributed by atoms with Gasteiger partial charge in [-0.15, -0.1) is 0 Å². The van der Waals surface area contributed by atoms with Gasteiger partial charge in [0.25, 0.3) is 0 Å². The van der Waals surface area contributed by atoms with E-state index in [2.05, 4.69) is 5.32 Å². The largest absolute Gasteiger partial charge is 0.490 e. The van der Waals surface area contributed by atoms with Crippen LogP contribution in [0.25, 0.3) is 6.08 Å². The fourth-order valence-electron chi connectivity index (χ4n) is 2.89. The van der Waals surface area contributed by atoms with Crippen LogP contribution in [0, 0.1) is 6.92 Å². The molecule has 0 aliphatic heterocycles. The van der Waals surface area contributed by atoms with E-state index in [0.29, 0.717) is 18.4 Å². The number of hydrogen-bond acceptors (Lipinski definition) is 3. The topological polar surface area (TPSA) is 51.5 Å². The molecule has 1 heterocycles. The molecule has 2 aromatic rings. The lowest BCUT2D eigenvalue weighted by atomic mass is 10.2. The van der Waals surface area contributed by atoms with Gasteiger partial charge in [-0.25, -0.2) is 0 Å². The normalized spacial score (nSPS) is 15.0. The molecule has 24 heavy (non-hydrogen) atoms. The van der Waals surface area contributed by atoms with Crippen molar-refractivity contribution >= 4 is 12.0 Å². The molecule has 1 N–H and O–H groups in total. The van der Waals surface area contributed by atoms with Gasteiger partial charge in [0.05, 0.1) is 6.10 Å². The molecule has 1 aliphatic carbocycles. The Bertz CT molecular complexity index is 711. The Morgan fingerprint density at radius 2 is 2.04 bits per heavy atom. The molecule has 1 aromatic carbocycles. The van der Waals surface area contributed by atoms with E-state index in [9.17, 15) is 4.79 Å². The molecule has 0 unspecified atom stereocenters. The number of para-hydroxylation sites is 1. The third-order valence-electron chi connectivity index (χ3n) is 4.18. The highest BCUT2D eigenvalue weighted by Crippen LogP contribution is 2.26. The number of rotatable bonds is 6. The second-order valence-corrected chi connectivity index (χ2v) is 6.13. The molecule has 0 spiro atoms. The standard InChI is InChI=1S/C20H23NO3/c1-15-10-11-18(23-15)12-13-20(22)21-14-16-6-2-5-9-19(16)24-17-7-3-4-8-17/h2,5-6,9-13,17H,3-4,7-8,14H2,1H3,(H,21,22). The van der Waals surface area contributed by atoms with Gasteiger partial charge in [0.15, 0.2) is 0 Å². The van der Waals surface area contributed by atoms with Gasteiger partial charge in [-0.2, -0.15) is 0 Å². The molecular formula is C20H23NO3. The molecule has 4 nitrogen and oxygen atoms in total. The van der Waals surface area contributed by atoms with Gasteiger partial charge in [0, 0.05) is 18.2 Å². The van der Waals surface area contributed by atoms with Crippen molar-refractivity contribution in [1.29, 1.82) is 0 Å². The van der Waals surface area contributed by atoms with Crippen LogP contribution >= 0.6 is 0 Å². The second kappa shape index (κ2) is 7.86. The summed E-state index contributed by atoms with van der Waals surface area (Å²) in [5.74, 6) is 2.22. The molecule has 1 aliphatic rings. The van der Waals surface area contributed by atoms with E-state index < -0.39 is 0 Å². The molecule has 0 saturated heterocycles. The van der Waals surface area contributed by atoms with Crippen molar-refractivity contribution in [3.63, 3.8) is 0 Å². The predicted octanol–water partition coefficient (Wildman–Crippen LogP) is 4.24. The lowest BCUT2D eigenvalue weighted by Crippen LogP contribution is -2.21. The number of amides is 1. The van der Waals surface area contributed by atoms with Gasteiger partial charge in [-0.3, -0.25) is 4.79 Å². The number of nitrogens with one attached hydrogen (secondary N) is 1. The number of ether oxygens (including phenoxy) is 1. The average molecular weight is 325 g/mol. The molecule has 4 heteroatoms. The Balaban J connectivity index is 1.55. The zero-order chi connectivity index (χ0) is 16.8. The fourth-order valence-corrected chi connectivity index (χ4v) is 2.89. The summed E-state index contributed by atoms with van der Waals surface area (Å²) in [5.41, 5.74) is 1.000. The minimum Gasteiger partial charge on any atom is -0.490 e. The van der Waals surface area contributed by atoms with Gasteiger partial charge >= 0.3 is 0 Å². The van der Waals surface area contributed by atoms with E-state index in [4.69, 9.17) is 9.15 Å². The van der Waals surface area contributed by atoms with Crippen LogP contribution in [0.5, 0.6) is 5.75 Å². The molecule has 0 atom stereocenters. The summed E-state index contributed by atoms with van der Waals surface area (Å²) in [6.07, 6.45) is 8.17. The Kier molecular flexibility index (Phi) is 5.36. The Morgan fingerprint density at radius 1 is 1.25 bits per heavy atom. The zero-order valence-electron chi connectivity index (χ0n) is 14.0. The van der Waals surface area contributed by atoms with Crippen molar-refractivity contribution in [2.75, 3.05) is 0 Å². The van der Waals surface area contributed by atoms with Gasteiger partial charge in [-0.05, 0) is 56.9 Å². The Morgan fingerprint density at radius 3 is 2.79 bits per heavy atom. The first-order chi connectivity index (χ1) is 11.7. The van der Waals surface area contributed by atoms with Gasteiger partial charge in [0.1, 0.15) is 17.3 Å². The molecule has 1 amide bonds. The van der Waals surface area contributed by atoms with Gasteiger partial charge in [0.2, 0.25) is 5.91 Å². The molecular weight excluding hydrogens is 302 g/mol. The van der Waals surface area contributed by atoms with Crippen LogP contribution in [0.1, 0.15) is 42.8 Å². The first kappa shape index (κ1) is 16.4. The van der Waals surface area contributed by atoms with E-state index in [1.54, 1.807) is 6.08 Å². The maximum absolute atomic E-state index is 12.0. The van der Waals surface area contributed by atoms with E-state index >= 15 is 0 Å². The molecule has 3 rings (SSSR count). The van der Waals surface area contributed by atoms with Crippen LogP contribution in [0.2, 0.25) is 0 Å². The summed E-state index contributed by atoms with van der Waals surface area (Å²) in [5, 5.41) is 2.89. The van der Waals surface area contributed by atoms with Crippen LogP contribution < -0.4 is 10.1 Å². The summed E-state index contributed by atoms with van der Waals surface area (Å²) >= 11 is 0. The third-order valence-corrected chi connectivity index (χ3v) is 4.18. The summed E-state index contributed by atoms with van der Waals surface area (Å²) in [4.78, 5) is 12.0. The highest BCUT2D eigenvalue weighted by atomic mass is 16.5. The number of carbonyl (C=O) groups excluding carboxylic acids is 1. The summed E-state index contributed by atoms with van der Waals surface area (Å²) in [7, 11) is 0. The molecule has 0 radical (unpaired) electrons. The molecule has 0 bridgehead atoms. The maximum atomic E-state index is 12.0. The van der Waals surface area contributed by atoms with E-state index in [1.165, 1.54) is 18.9 Å². The van der Waals surface area contributed by atoms with Crippen LogP contribution in [-0.2, 0) is 11.3 Å². The highest BCUT2D eigenvalue weighted by molar-refractivity contribution is 5.91. The zero-order valence-corrected chi connectivity index (χ0v) is 14.0. The van der Waals surface area contributed by atoms with Crippen LogP contribution in [0.4, 0.5) is 0 Å². The first-order valence-electron chi connectivity index (χ1n) is 8.47. The molecule has 1 fully saturated rings. The SMILES string of the molecule is Cc1ccc(C=CC(=O)NCc2ccccc2OC2CCCC2)o1. The minimum absolute atomic E-state index is 0.153. The van der Waals surface area contributed by atoms with Crippen molar-refractivity contribution in [2.24, 2.45) is 0 Å². The molecule has 1 aromatic heterocycles. The number of aryl methyl sites for hydroxylation is 1. The second-order valence-electron chi connectivity index (χ2n) is 6.13. The van der Waals surface area contributed by atoms with Crippen LogP contribution in [0.3, 0.4) is 0 Å². The van der Waals surface area contributed by atoms with Crippen molar-refractivity contribution < 1.29 is 13.9 Å². The quantitative estimate of drug-likeness (QED) is 0.808. The molecule has 1 saturated carbocycles. The fraction of sp³-hybridized carbons (Fsp3) is 0.350. The monoisotopic (exact) mass is 325 g/mol. The van der Waals surface area contributed by atoms with E-state index in [1.807, 2.05) is 43.3 Å². The lowest BCUT2D eigenvalue weighted by molar-refractivity contribution is -0.116. The Labute approximate surface area is 142 Å². The Hall–Kier alpha value is -2.49. The number of carbonyl (C=O) groups is 1. The van der Waals surface area contributed by atoms with Crippen molar-refractivity contribution in [3.05, 3.63) is 59.6 Å². The van der Waals surface area contributed by atoms with Crippen LogP contribution in [-0.4, -0.2) is 12.0 Å². The first-order valence-corrected chi connectivity index (χ1v) is 8.47. The smallest absolute Gasteiger partial charge is 0.244 e. The predicted molar refractivity (Wildman–Crippen MR) is 93.7 cm³/mol. The summed E-state index contributed by atoms with van der Waals surface area (Å²) < 4.78 is 11.5. The number of furan rings is 1. The van der Waals surface area contributed by atoms with E-state index in [-0.39, 0.29) is 5.91 Å².